The second-order valence-electron chi connectivity index (χ2n) is 5.71. The third kappa shape index (κ3) is 3.05. The van der Waals surface area contributed by atoms with Crippen molar-refractivity contribution in [1.29, 1.82) is 0 Å². The maximum absolute atomic E-state index is 12.3. The largest absolute Gasteiger partial charge is 0.321 e. The number of hydrogen-bond donors (Lipinski definition) is 2. The monoisotopic (exact) mass is 383 g/mol. The van der Waals surface area contributed by atoms with E-state index in [0.717, 1.165) is 10.6 Å². The second kappa shape index (κ2) is 6.17. The molecule has 0 radical (unpaired) electrons. The zero-order valence-electron chi connectivity index (χ0n) is 13.3. The lowest BCUT2D eigenvalue weighted by Gasteiger charge is -2.02. The zero-order chi connectivity index (χ0) is 18.3. The van der Waals surface area contributed by atoms with Crippen LogP contribution in [0.5, 0.6) is 0 Å². The molecule has 6 nitrogen and oxygen atoms in total. The van der Waals surface area contributed by atoms with Crippen molar-refractivity contribution in [2.45, 2.75) is 4.90 Å². The summed E-state index contributed by atoms with van der Waals surface area (Å²) in [6.07, 6.45) is 1.65. The molecule has 8 heteroatoms. The first-order chi connectivity index (χ1) is 12.4. The fourth-order valence-electron chi connectivity index (χ4n) is 2.70. The van der Waals surface area contributed by atoms with Crippen LogP contribution in [-0.2, 0) is 14.8 Å². The SMILES string of the molecule is NS(=O)(=O)c1ccc2c(c1)/C(=C\c1csc(-c3ccccc3)n1)C(=O)N2. The summed E-state index contributed by atoms with van der Waals surface area (Å²) in [7, 11) is -3.85. The Labute approximate surface area is 154 Å². The van der Waals surface area contributed by atoms with Crippen LogP contribution in [0.4, 0.5) is 5.69 Å². The van der Waals surface area contributed by atoms with E-state index in [1.807, 2.05) is 35.7 Å². The Morgan fingerprint density at radius 1 is 1.12 bits per heavy atom. The number of thiazole rings is 1. The minimum atomic E-state index is -3.85. The number of nitrogens with two attached hydrogens (primary N) is 1. The molecule has 1 aliphatic heterocycles. The molecule has 0 saturated heterocycles. The van der Waals surface area contributed by atoms with Crippen LogP contribution in [0.2, 0.25) is 0 Å². The summed E-state index contributed by atoms with van der Waals surface area (Å²) < 4.78 is 23.2. The molecule has 1 aromatic heterocycles. The number of rotatable bonds is 3. The van der Waals surface area contributed by atoms with Crippen LogP contribution in [-0.4, -0.2) is 19.3 Å². The maximum atomic E-state index is 12.3. The van der Waals surface area contributed by atoms with Crippen LogP contribution in [0.15, 0.2) is 58.8 Å². The van der Waals surface area contributed by atoms with E-state index in [1.54, 1.807) is 6.08 Å². The van der Waals surface area contributed by atoms with Gasteiger partial charge in [0, 0.05) is 22.2 Å². The molecule has 26 heavy (non-hydrogen) atoms. The first kappa shape index (κ1) is 16.6. The molecule has 0 saturated carbocycles. The lowest BCUT2D eigenvalue weighted by molar-refractivity contribution is -0.110. The van der Waals surface area contributed by atoms with Gasteiger partial charge in [-0.2, -0.15) is 0 Å². The summed E-state index contributed by atoms with van der Waals surface area (Å²) in [5.41, 5.74) is 3.03. The van der Waals surface area contributed by atoms with Crippen molar-refractivity contribution in [2.75, 3.05) is 5.32 Å². The number of anilines is 1. The van der Waals surface area contributed by atoms with E-state index in [2.05, 4.69) is 10.3 Å². The van der Waals surface area contributed by atoms with Crippen molar-refractivity contribution >= 4 is 44.6 Å². The molecular weight excluding hydrogens is 370 g/mol. The number of carbonyl (C=O) groups excluding carboxylic acids is 1. The first-order valence-corrected chi connectivity index (χ1v) is 10.1. The van der Waals surface area contributed by atoms with E-state index in [9.17, 15) is 13.2 Å². The van der Waals surface area contributed by atoms with E-state index in [1.165, 1.54) is 29.5 Å². The van der Waals surface area contributed by atoms with Crippen LogP contribution in [0, 0.1) is 0 Å². The molecule has 3 aromatic rings. The average molecular weight is 383 g/mol. The van der Waals surface area contributed by atoms with Crippen LogP contribution in [0.1, 0.15) is 11.3 Å². The number of fused-ring (bicyclic) bond motifs is 1. The Balaban J connectivity index is 1.76. The molecule has 0 aliphatic carbocycles. The normalized spacial score (nSPS) is 15.1. The minimum absolute atomic E-state index is 0.0399. The second-order valence-corrected chi connectivity index (χ2v) is 8.13. The van der Waals surface area contributed by atoms with Crippen molar-refractivity contribution in [2.24, 2.45) is 5.14 Å². The van der Waals surface area contributed by atoms with Gasteiger partial charge in [-0.25, -0.2) is 18.5 Å². The number of carbonyl (C=O) groups is 1. The molecule has 130 valence electrons. The Kier molecular flexibility index (Phi) is 3.95. The Bertz CT molecular complexity index is 1150. The van der Waals surface area contributed by atoms with Gasteiger partial charge in [0.05, 0.1) is 16.2 Å². The highest BCUT2D eigenvalue weighted by atomic mass is 32.2. The molecule has 0 fully saturated rings. The number of benzene rings is 2. The van der Waals surface area contributed by atoms with E-state index in [-0.39, 0.29) is 10.8 Å². The molecule has 0 atom stereocenters. The lowest BCUT2D eigenvalue weighted by Crippen LogP contribution is -2.12. The minimum Gasteiger partial charge on any atom is -0.321 e. The Hall–Kier alpha value is -2.81. The van der Waals surface area contributed by atoms with Crippen LogP contribution < -0.4 is 10.5 Å². The van der Waals surface area contributed by atoms with Crippen molar-refractivity contribution in [3.8, 4) is 10.6 Å². The van der Waals surface area contributed by atoms with Crippen LogP contribution in [0.25, 0.3) is 22.2 Å². The molecule has 0 spiro atoms. The number of aromatic nitrogens is 1. The number of nitrogens with zero attached hydrogens (tertiary/aromatic N) is 1. The molecule has 0 bridgehead atoms. The summed E-state index contributed by atoms with van der Waals surface area (Å²) >= 11 is 1.47. The van der Waals surface area contributed by atoms with Gasteiger partial charge in [0.2, 0.25) is 10.0 Å². The zero-order valence-corrected chi connectivity index (χ0v) is 15.0. The number of sulfonamides is 1. The Morgan fingerprint density at radius 2 is 1.88 bits per heavy atom. The summed E-state index contributed by atoms with van der Waals surface area (Å²) in [4.78, 5) is 16.8. The van der Waals surface area contributed by atoms with E-state index >= 15 is 0 Å². The van der Waals surface area contributed by atoms with E-state index < -0.39 is 10.0 Å². The lowest BCUT2D eigenvalue weighted by atomic mass is 10.1. The summed E-state index contributed by atoms with van der Waals surface area (Å²) in [5.74, 6) is -0.305. The summed E-state index contributed by atoms with van der Waals surface area (Å²) in [6.45, 7) is 0. The van der Waals surface area contributed by atoms with Gasteiger partial charge in [0.1, 0.15) is 5.01 Å². The first-order valence-electron chi connectivity index (χ1n) is 7.63. The topological polar surface area (TPSA) is 102 Å². The molecule has 2 aromatic carbocycles. The predicted molar refractivity (Wildman–Crippen MR) is 102 cm³/mol. The van der Waals surface area contributed by atoms with Gasteiger partial charge in [0.15, 0.2) is 0 Å². The fraction of sp³-hybridized carbons (Fsp3) is 0. The molecule has 3 N–H and O–H groups in total. The quantitative estimate of drug-likeness (QED) is 0.679. The number of hydrogen-bond acceptors (Lipinski definition) is 5. The Morgan fingerprint density at radius 3 is 2.62 bits per heavy atom. The van der Waals surface area contributed by atoms with Crippen LogP contribution >= 0.6 is 11.3 Å². The van der Waals surface area contributed by atoms with Gasteiger partial charge in [-0.1, -0.05) is 30.3 Å². The molecule has 4 rings (SSSR count). The molecular formula is C18H13N3O3S2. The van der Waals surface area contributed by atoms with Gasteiger partial charge in [-0.3, -0.25) is 4.79 Å². The average Bonchev–Trinajstić information content (AvgIpc) is 3.20. The maximum Gasteiger partial charge on any atom is 0.256 e. The number of nitrogens with one attached hydrogen (secondary N) is 1. The molecule has 1 amide bonds. The highest BCUT2D eigenvalue weighted by Gasteiger charge is 2.26. The third-order valence-electron chi connectivity index (χ3n) is 3.94. The number of amides is 1. The summed E-state index contributed by atoms with van der Waals surface area (Å²) in [6, 6.07) is 14.0. The van der Waals surface area contributed by atoms with Gasteiger partial charge in [-0.05, 0) is 24.3 Å². The van der Waals surface area contributed by atoms with E-state index in [0.29, 0.717) is 22.5 Å². The molecule has 2 heterocycles. The van der Waals surface area contributed by atoms with Gasteiger partial charge >= 0.3 is 0 Å². The third-order valence-corrected chi connectivity index (χ3v) is 5.76. The van der Waals surface area contributed by atoms with Crippen molar-refractivity contribution in [3.05, 3.63) is 65.2 Å². The van der Waals surface area contributed by atoms with Crippen molar-refractivity contribution in [1.82, 2.24) is 4.98 Å². The van der Waals surface area contributed by atoms with Gasteiger partial charge in [0.25, 0.3) is 5.91 Å². The molecule has 0 unspecified atom stereocenters. The fourth-order valence-corrected chi connectivity index (χ4v) is 4.02. The smallest absolute Gasteiger partial charge is 0.256 e. The highest BCUT2D eigenvalue weighted by Crippen LogP contribution is 2.35. The summed E-state index contributed by atoms with van der Waals surface area (Å²) in [5, 5.41) is 10.6. The van der Waals surface area contributed by atoms with Gasteiger partial charge in [-0.15, -0.1) is 11.3 Å². The van der Waals surface area contributed by atoms with E-state index in [4.69, 9.17) is 5.14 Å². The standard InChI is InChI=1S/C18H13N3O3S2/c19-26(23,24)13-6-7-16-14(9-13)15(17(22)21-16)8-12-10-25-18(20-12)11-4-2-1-3-5-11/h1-10H,(H,21,22)(H2,19,23,24)/b15-8+. The van der Waals surface area contributed by atoms with Gasteiger partial charge < -0.3 is 5.32 Å². The molecule has 1 aliphatic rings. The predicted octanol–water partition coefficient (Wildman–Crippen LogP) is 2.95. The highest BCUT2D eigenvalue weighted by molar-refractivity contribution is 7.89. The number of primary sulfonamides is 1. The van der Waals surface area contributed by atoms with Crippen molar-refractivity contribution < 1.29 is 13.2 Å². The van der Waals surface area contributed by atoms with Crippen LogP contribution in [0.3, 0.4) is 0 Å². The van der Waals surface area contributed by atoms with Crippen molar-refractivity contribution in [3.63, 3.8) is 0 Å².